The summed E-state index contributed by atoms with van der Waals surface area (Å²) in [5, 5.41) is 4.09. The van der Waals surface area contributed by atoms with Crippen molar-refractivity contribution in [3.8, 4) is 0 Å². The molecule has 0 saturated carbocycles. The first-order valence-electron chi connectivity index (χ1n) is 9.14. The van der Waals surface area contributed by atoms with E-state index in [2.05, 4.69) is 24.1 Å². The first kappa shape index (κ1) is 18.0. The largest absolute Gasteiger partial charge is 0.451 e. The topological polar surface area (TPSA) is 54.7 Å². The first-order chi connectivity index (χ1) is 12.1. The SMILES string of the molecule is Cc1c(C(=O)NCC(CC(C)C)N2CCOCC2)oc2ccccc12. The van der Waals surface area contributed by atoms with Crippen LogP contribution in [-0.4, -0.2) is 49.7 Å². The Morgan fingerprint density at radius 2 is 1.96 bits per heavy atom. The molecular weight excluding hydrogens is 316 g/mol. The zero-order valence-electron chi connectivity index (χ0n) is 15.4. The number of fused-ring (bicyclic) bond motifs is 1. The highest BCUT2D eigenvalue weighted by Gasteiger charge is 2.24. The lowest BCUT2D eigenvalue weighted by Gasteiger charge is -2.35. The molecule has 25 heavy (non-hydrogen) atoms. The number of hydrogen-bond acceptors (Lipinski definition) is 4. The number of nitrogens with zero attached hydrogens (tertiary/aromatic N) is 1. The molecule has 1 fully saturated rings. The Balaban J connectivity index is 1.68. The number of rotatable bonds is 6. The van der Waals surface area contributed by atoms with Gasteiger partial charge in [0.2, 0.25) is 0 Å². The van der Waals surface area contributed by atoms with Gasteiger partial charge < -0.3 is 14.5 Å². The van der Waals surface area contributed by atoms with Gasteiger partial charge in [-0.3, -0.25) is 9.69 Å². The van der Waals surface area contributed by atoms with Crippen LogP contribution in [0.15, 0.2) is 28.7 Å². The standard InChI is InChI=1S/C20H28N2O3/c1-14(2)12-16(22-8-10-24-11-9-22)13-21-20(23)19-15(3)17-6-4-5-7-18(17)25-19/h4-7,14,16H,8-13H2,1-3H3,(H,21,23). The lowest BCUT2D eigenvalue weighted by Crippen LogP contribution is -2.49. The van der Waals surface area contributed by atoms with Crippen LogP contribution in [0.4, 0.5) is 0 Å². The average Bonchev–Trinajstić information content (AvgIpc) is 2.96. The second-order valence-corrected chi connectivity index (χ2v) is 7.19. The van der Waals surface area contributed by atoms with Crippen molar-refractivity contribution in [2.45, 2.75) is 33.2 Å². The van der Waals surface area contributed by atoms with Crippen molar-refractivity contribution < 1.29 is 13.9 Å². The number of hydrogen-bond donors (Lipinski definition) is 1. The molecule has 0 radical (unpaired) electrons. The van der Waals surface area contributed by atoms with Crippen molar-refractivity contribution in [3.05, 3.63) is 35.6 Å². The zero-order chi connectivity index (χ0) is 17.8. The molecule has 3 rings (SSSR count). The molecule has 1 aliphatic rings. The number of para-hydroxylation sites is 1. The number of morpholine rings is 1. The normalized spacial score (nSPS) is 17.1. The van der Waals surface area contributed by atoms with E-state index in [1.54, 1.807) is 0 Å². The van der Waals surface area contributed by atoms with E-state index < -0.39 is 0 Å². The summed E-state index contributed by atoms with van der Waals surface area (Å²) < 4.78 is 11.2. The molecule has 1 saturated heterocycles. The van der Waals surface area contributed by atoms with E-state index in [0.717, 1.165) is 49.3 Å². The molecule has 1 aromatic carbocycles. The van der Waals surface area contributed by atoms with Gasteiger partial charge in [0.15, 0.2) is 5.76 Å². The van der Waals surface area contributed by atoms with E-state index in [1.807, 2.05) is 31.2 Å². The van der Waals surface area contributed by atoms with Crippen LogP contribution in [0.5, 0.6) is 0 Å². The van der Waals surface area contributed by atoms with Crippen molar-refractivity contribution >= 4 is 16.9 Å². The third kappa shape index (κ3) is 4.22. The van der Waals surface area contributed by atoms with Gasteiger partial charge in [0.1, 0.15) is 5.58 Å². The second-order valence-electron chi connectivity index (χ2n) is 7.19. The van der Waals surface area contributed by atoms with Crippen LogP contribution < -0.4 is 5.32 Å². The monoisotopic (exact) mass is 344 g/mol. The number of nitrogens with one attached hydrogen (secondary N) is 1. The van der Waals surface area contributed by atoms with E-state index in [4.69, 9.17) is 9.15 Å². The van der Waals surface area contributed by atoms with Gasteiger partial charge in [0.05, 0.1) is 13.2 Å². The number of amides is 1. The fourth-order valence-corrected chi connectivity index (χ4v) is 3.53. The van der Waals surface area contributed by atoms with Crippen molar-refractivity contribution in [3.63, 3.8) is 0 Å². The molecule has 136 valence electrons. The van der Waals surface area contributed by atoms with E-state index in [9.17, 15) is 4.79 Å². The van der Waals surface area contributed by atoms with Crippen LogP contribution in [0.1, 0.15) is 36.4 Å². The van der Waals surface area contributed by atoms with Gasteiger partial charge in [-0.25, -0.2) is 0 Å². The Hall–Kier alpha value is -1.85. The van der Waals surface area contributed by atoms with Crippen LogP contribution in [-0.2, 0) is 4.74 Å². The van der Waals surface area contributed by atoms with Gasteiger partial charge in [-0.05, 0) is 25.3 Å². The van der Waals surface area contributed by atoms with Gasteiger partial charge in [0, 0.05) is 36.6 Å². The van der Waals surface area contributed by atoms with Crippen LogP contribution >= 0.6 is 0 Å². The minimum Gasteiger partial charge on any atom is -0.451 e. The summed E-state index contributed by atoms with van der Waals surface area (Å²) in [7, 11) is 0. The van der Waals surface area contributed by atoms with E-state index in [-0.39, 0.29) is 5.91 Å². The summed E-state index contributed by atoms with van der Waals surface area (Å²) in [4.78, 5) is 15.1. The summed E-state index contributed by atoms with van der Waals surface area (Å²) in [5.74, 6) is 0.875. The van der Waals surface area contributed by atoms with Gasteiger partial charge in [0.25, 0.3) is 5.91 Å². The summed E-state index contributed by atoms with van der Waals surface area (Å²) in [5.41, 5.74) is 1.66. The summed E-state index contributed by atoms with van der Waals surface area (Å²) >= 11 is 0. The molecule has 5 nitrogen and oxygen atoms in total. The molecule has 0 spiro atoms. The molecule has 2 aromatic rings. The van der Waals surface area contributed by atoms with Gasteiger partial charge in [-0.2, -0.15) is 0 Å². The molecular formula is C20H28N2O3. The molecule has 1 N–H and O–H groups in total. The maximum absolute atomic E-state index is 12.7. The predicted molar refractivity (Wildman–Crippen MR) is 98.9 cm³/mol. The summed E-state index contributed by atoms with van der Waals surface area (Å²) in [6, 6.07) is 8.10. The maximum Gasteiger partial charge on any atom is 0.287 e. The number of carbonyl (C=O) groups excluding carboxylic acids is 1. The molecule has 1 amide bonds. The van der Waals surface area contributed by atoms with Crippen molar-refractivity contribution in [2.75, 3.05) is 32.8 Å². The maximum atomic E-state index is 12.7. The second kappa shape index (κ2) is 8.02. The number of carbonyl (C=O) groups is 1. The molecule has 1 aromatic heterocycles. The fourth-order valence-electron chi connectivity index (χ4n) is 3.53. The van der Waals surface area contributed by atoms with Crippen molar-refractivity contribution in [2.24, 2.45) is 5.92 Å². The molecule has 1 aliphatic heterocycles. The lowest BCUT2D eigenvalue weighted by molar-refractivity contribution is 0.0124. The minimum absolute atomic E-state index is 0.129. The van der Waals surface area contributed by atoms with Gasteiger partial charge >= 0.3 is 0 Å². The van der Waals surface area contributed by atoms with E-state index in [0.29, 0.717) is 24.3 Å². The van der Waals surface area contributed by atoms with Crippen molar-refractivity contribution in [1.82, 2.24) is 10.2 Å². The zero-order valence-corrected chi connectivity index (χ0v) is 15.4. The summed E-state index contributed by atoms with van der Waals surface area (Å²) in [6.45, 7) is 10.4. The first-order valence-corrected chi connectivity index (χ1v) is 9.14. The third-order valence-corrected chi connectivity index (χ3v) is 4.85. The Morgan fingerprint density at radius 1 is 1.24 bits per heavy atom. The number of ether oxygens (including phenoxy) is 1. The Morgan fingerprint density at radius 3 is 2.64 bits per heavy atom. The minimum atomic E-state index is -0.129. The molecule has 2 heterocycles. The van der Waals surface area contributed by atoms with Crippen LogP contribution in [0.25, 0.3) is 11.0 Å². The molecule has 5 heteroatoms. The predicted octanol–water partition coefficient (Wildman–Crippen LogP) is 3.22. The van der Waals surface area contributed by atoms with E-state index >= 15 is 0 Å². The number of furan rings is 1. The summed E-state index contributed by atoms with van der Waals surface area (Å²) in [6.07, 6.45) is 1.05. The molecule has 0 aliphatic carbocycles. The Labute approximate surface area is 149 Å². The quantitative estimate of drug-likeness (QED) is 0.874. The third-order valence-electron chi connectivity index (χ3n) is 4.85. The smallest absolute Gasteiger partial charge is 0.287 e. The molecule has 1 atom stereocenters. The number of benzene rings is 1. The fraction of sp³-hybridized carbons (Fsp3) is 0.550. The average molecular weight is 344 g/mol. The van der Waals surface area contributed by atoms with Crippen LogP contribution in [0, 0.1) is 12.8 Å². The van der Waals surface area contributed by atoms with Crippen molar-refractivity contribution in [1.29, 1.82) is 0 Å². The molecule has 0 bridgehead atoms. The highest BCUT2D eigenvalue weighted by Crippen LogP contribution is 2.24. The highest BCUT2D eigenvalue weighted by atomic mass is 16.5. The Bertz CT molecular complexity index is 717. The van der Waals surface area contributed by atoms with Crippen LogP contribution in [0.2, 0.25) is 0 Å². The van der Waals surface area contributed by atoms with E-state index in [1.165, 1.54) is 0 Å². The Kier molecular flexibility index (Phi) is 5.76. The lowest BCUT2D eigenvalue weighted by atomic mass is 10.0. The van der Waals surface area contributed by atoms with Gasteiger partial charge in [-0.15, -0.1) is 0 Å². The van der Waals surface area contributed by atoms with Gasteiger partial charge in [-0.1, -0.05) is 32.0 Å². The molecule has 1 unspecified atom stereocenters. The highest BCUT2D eigenvalue weighted by molar-refractivity contribution is 5.98. The van der Waals surface area contributed by atoms with Crippen LogP contribution in [0.3, 0.4) is 0 Å². The number of aryl methyl sites for hydroxylation is 1.